The van der Waals surface area contributed by atoms with Gasteiger partial charge in [-0.3, -0.25) is 0 Å². The molecule has 1 aromatic carbocycles. The lowest BCUT2D eigenvalue weighted by Crippen LogP contribution is -1.94. The van der Waals surface area contributed by atoms with Crippen molar-refractivity contribution in [2.45, 2.75) is 6.42 Å². The predicted molar refractivity (Wildman–Crippen MR) is 61.9 cm³/mol. The van der Waals surface area contributed by atoms with Gasteiger partial charge in [-0.2, -0.15) is 0 Å². The average Bonchev–Trinajstić information content (AvgIpc) is 2.73. The minimum atomic E-state index is 0.351. The molecule has 2 aromatic rings. The maximum Gasteiger partial charge on any atom is 0.229 e. The summed E-state index contributed by atoms with van der Waals surface area (Å²) in [6, 6.07) is 8.11. The van der Waals surface area contributed by atoms with Crippen LogP contribution in [0.25, 0.3) is 11.1 Å². The number of aromatic nitrogens is 1. The minimum absolute atomic E-state index is 0.351. The van der Waals surface area contributed by atoms with Crippen molar-refractivity contribution in [3.8, 4) is 11.1 Å². The van der Waals surface area contributed by atoms with E-state index in [1.165, 1.54) is 5.56 Å². The second-order valence-corrected chi connectivity index (χ2v) is 3.55. The molecule has 0 unspecified atom stereocenters. The zero-order chi connectivity index (χ0) is 11.4. The molecule has 16 heavy (non-hydrogen) atoms. The number of methoxy groups -OCH3 is 1. The molecule has 0 aliphatic heterocycles. The molecule has 0 saturated heterocycles. The lowest BCUT2D eigenvalue weighted by atomic mass is 10.0. The molecule has 0 saturated carbocycles. The van der Waals surface area contributed by atoms with Crippen molar-refractivity contribution in [1.29, 1.82) is 0 Å². The number of hydrogen-bond donors (Lipinski definition) is 1. The van der Waals surface area contributed by atoms with Gasteiger partial charge < -0.3 is 15.0 Å². The summed E-state index contributed by atoms with van der Waals surface area (Å²) in [6.07, 6.45) is 2.51. The fourth-order valence-corrected chi connectivity index (χ4v) is 1.58. The van der Waals surface area contributed by atoms with Gasteiger partial charge in [0.15, 0.2) is 0 Å². The molecule has 0 atom stereocenters. The Bertz CT molecular complexity index is 466. The van der Waals surface area contributed by atoms with Gasteiger partial charge in [-0.25, -0.2) is 0 Å². The van der Waals surface area contributed by atoms with Crippen molar-refractivity contribution >= 4 is 5.88 Å². The summed E-state index contributed by atoms with van der Waals surface area (Å²) in [5.74, 6) is 0.351. The van der Waals surface area contributed by atoms with Gasteiger partial charge in [-0.15, -0.1) is 0 Å². The second-order valence-electron chi connectivity index (χ2n) is 3.55. The third-order valence-corrected chi connectivity index (χ3v) is 2.43. The Labute approximate surface area is 94.0 Å². The summed E-state index contributed by atoms with van der Waals surface area (Å²) in [5.41, 5.74) is 8.73. The van der Waals surface area contributed by atoms with Gasteiger partial charge in [0, 0.05) is 7.11 Å². The number of hydrogen-bond acceptors (Lipinski definition) is 4. The number of nitrogens with two attached hydrogens (primary N) is 1. The summed E-state index contributed by atoms with van der Waals surface area (Å²) in [4.78, 5) is 0. The normalized spacial score (nSPS) is 10.6. The molecule has 4 nitrogen and oxygen atoms in total. The Morgan fingerprint density at radius 3 is 3.00 bits per heavy atom. The molecule has 2 rings (SSSR count). The van der Waals surface area contributed by atoms with Crippen LogP contribution in [-0.4, -0.2) is 18.9 Å². The standard InChI is InChI=1S/C12H14N2O2/c1-15-6-5-9-3-2-4-10(7-9)11-8-14-16-12(11)13/h2-4,7-8H,5-6,13H2,1H3. The molecule has 4 heteroatoms. The average molecular weight is 218 g/mol. The lowest BCUT2D eigenvalue weighted by Gasteiger charge is -2.03. The molecule has 0 spiro atoms. The van der Waals surface area contributed by atoms with Crippen molar-refractivity contribution < 1.29 is 9.26 Å². The van der Waals surface area contributed by atoms with E-state index in [1.54, 1.807) is 13.3 Å². The first-order valence-electron chi connectivity index (χ1n) is 5.09. The molecule has 0 bridgehead atoms. The SMILES string of the molecule is COCCc1cccc(-c2cnoc2N)c1. The van der Waals surface area contributed by atoms with Crippen LogP contribution >= 0.6 is 0 Å². The number of ether oxygens (including phenoxy) is 1. The molecule has 0 amide bonds. The third kappa shape index (κ3) is 2.23. The number of anilines is 1. The zero-order valence-electron chi connectivity index (χ0n) is 9.14. The molecule has 0 aliphatic carbocycles. The Morgan fingerprint density at radius 2 is 2.31 bits per heavy atom. The van der Waals surface area contributed by atoms with Gasteiger partial charge in [-0.05, 0) is 17.5 Å². The van der Waals surface area contributed by atoms with Crippen LogP contribution in [0.4, 0.5) is 5.88 Å². The van der Waals surface area contributed by atoms with E-state index in [1.807, 2.05) is 12.1 Å². The highest BCUT2D eigenvalue weighted by Crippen LogP contribution is 2.25. The van der Waals surface area contributed by atoms with Crippen molar-refractivity contribution in [1.82, 2.24) is 5.16 Å². The minimum Gasteiger partial charge on any atom is -0.384 e. The molecule has 1 aromatic heterocycles. The van der Waals surface area contributed by atoms with E-state index in [0.717, 1.165) is 17.5 Å². The van der Waals surface area contributed by atoms with Crippen LogP contribution < -0.4 is 5.73 Å². The molecule has 0 fully saturated rings. The maximum atomic E-state index is 5.67. The quantitative estimate of drug-likeness (QED) is 0.853. The number of nitrogen functional groups attached to an aromatic ring is 1. The largest absolute Gasteiger partial charge is 0.384 e. The first kappa shape index (κ1) is 10.7. The van der Waals surface area contributed by atoms with Crippen LogP contribution in [0.1, 0.15) is 5.56 Å². The van der Waals surface area contributed by atoms with Crippen LogP contribution in [0.2, 0.25) is 0 Å². The Balaban J connectivity index is 2.26. The van der Waals surface area contributed by atoms with Gasteiger partial charge in [0.1, 0.15) is 0 Å². The predicted octanol–water partition coefficient (Wildman–Crippen LogP) is 2.11. The summed E-state index contributed by atoms with van der Waals surface area (Å²) < 4.78 is 9.89. The van der Waals surface area contributed by atoms with E-state index in [0.29, 0.717) is 12.5 Å². The van der Waals surface area contributed by atoms with E-state index in [4.69, 9.17) is 15.0 Å². The van der Waals surface area contributed by atoms with Crippen LogP contribution in [0.3, 0.4) is 0 Å². The molecule has 0 aliphatic rings. The highest BCUT2D eigenvalue weighted by Gasteiger charge is 2.07. The summed E-state index contributed by atoms with van der Waals surface area (Å²) in [7, 11) is 1.70. The molecular formula is C12H14N2O2. The summed E-state index contributed by atoms with van der Waals surface area (Å²) in [6.45, 7) is 0.711. The zero-order valence-corrected chi connectivity index (χ0v) is 9.14. The lowest BCUT2D eigenvalue weighted by molar-refractivity contribution is 0.202. The monoisotopic (exact) mass is 218 g/mol. The second kappa shape index (κ2) is 4.81. The van der Waals surface area contributed by atoms with E-state index in [2.05, 4.69) is 17.3 Å². The third-order valence-electron chi connectivity index (χ3n) is 2.43. The fraction of sp³-hybridized carbons (Fsp3) is 0.250. The topological polar surface area (TPSA) is 61.3 Å². The molecule has 0 radical (unpaired) electrons. The van der Waals surface area contributed by atoms with Crippen molar-refractivity contribution in [2.24, 2.45) is 0 Å². The molecule has 1 heterocycles. The first-order chi connectivity index (χ1) is 7.81. The van der Waals surface area contributed by atoms with E-state index >= 15 is 0 Å². The van der Waals surface area contributed by atoms with Gasteiger partial charge in [-0.1, -0.05) is 29.4 Å². The summed E-state index contributed by atoms with van der Waals surface area (Å²) in [5, 5.41) is 3.67. The molecule has 84 valence electrons. The smallest absolute Gasteiger partial charge is 0.229 e. The maximum absolute atomic E-state index is 5.67. The highest BCUT2D eigenvalue weighted by molar-refractivity contribution is 5.72. The van der Waals surface area contributed by atoms with E-state index < -0.39 is 0 Å². The number of rotatable bonds is 4. The van der Waals surface area contributed by atoms with Crippen LogP contribution in [0, 0.1) is 0 Å². The first-order valence-corrected chi connectivity index (χ1v) is 5.09. The van der Waals surface area contributed by atoms with E-state index in [9.17, 15) is 0 Å². The van der Waals surface area contributed by atoms with E-state index in [-0.39, 0.29) is 0 Å². The van der Waals surface area contributed by atoms with Crippen molar-refractivity contribution in [3.05, 3.63) is 36.0 Å². The number of benzene rings is 1. The number of nitrogens with zero attached hydrogens (tertiary/aromatic N) is 1. The highest BCUT2D eigenvalue weighted by atomic mass is 16.5. The fourth-order valence-electron chi connectivity index (χ4n) is 1.58. The Kier molecular flexibility index (Phi) is 3.22. The summed E-state index contributed by atoms with van der Waals surface area (Å²) >= 11 is 0. The van der Waals surface area contributed by atoms with Crippen molar-refractivity contribution in [3.63, 3.8) is 0 Å². The Hall–Kier alpha value is -1.81. The van der Waals surface area contributed by atoms with Crippen LogP contribution in [0.15, 0.2) is 35.0 Å². The molecule has 2 N–H and O–H groups in total. The molecular weight excluding hydrogens is 204 g/mol. The van der Waals surface area contributed by atoms with Gasteiger partial charge >= 0.3 is 0 Å². The van der Waals surface area contributed by atoms with Gasteiger partial charge in [0.25, 0.3) is 0 Å². The van der Waals surface area contributed by atoms with Crippen molar-refractivity contribution in [2.75, 3.05) is 19.5 Å². The van der Waals surface area contributed by atoms with Gasteiger partial charge in [0.2, 0.25) is 5.88 Å². The van der Waals surface area contributed by atoms with Gasteiger partial charge in [0.05, 0.1) is 18.4 Å². The Morgan fingerprint density at radius 1 is 1.44 bits per heavy atom. The van der Waals surface area contributed by atoms with Crippen LogP contribution in [-0.2, 0) is 11.2 Å². The van der Waals surface area contributed by atoms with Crippen LogP contribution in [0.5, 0.6) is 0 Å².